The summed E-state index contributed by atoms with van der Waals surface area (Å²) in [6.45, 7) is 3.99. The van der Waals surface area contributed by atoms with Gasteiger partial charge in [-0.3, -0.25) is 4.79 Å². The maximum Gasteiger partial charge on any atom is 0.171 e. The lowest BCUT2D eigenvalue weighted by atomic mass is 9.98. The Morgan fingerprint density at radius 2 is 1.85 bits per heavy atom. The minimum atomic E-state index is 0.0665. The first-order valence-corrected chi connectivity index (χ1v) is 7.24. The number of methoxy groups -OCH3 is 1. The first kappa shape index (κ1) is 14.8. The number of Topliss-reactive ketones (excluding diaryl/α,β-unsaturated/α-hetero) is 1. The molecule has 0 aliphatic rings. The van der Waals surface area contributed by atoms with E-state index < -0.39 is 0 Å². The van der Waals surface area contributed by atoms with Crippen LogP contribution in [0.2, 0.25) is 0 Å². The number of benzene rings is 2. The average Bonchev–Trinajstić information content (AvgIpc) is 2.44. The van der Waals surface area contributed by atoms with Gasteiger partial charge in [0.25, 0.3) is 0 Å². The lowest BCUT2D eigenvalue weighted by Crippen LogP contribution is -2.08. The molecule has 0 bridgehead atoms. The molecular formula is C17H17BrO2. The van der Waals surface area contributed by atoms with Crippen molar-refractivity contribution in [1.82, 2.24) is 0 Å². The number of ether oxygens (including phenoxy) is 1. The summed E-state index contributed by atoms with van der Waals surface area (Å²) in [5.74, 6) is 0.749. The summed E-state index contributed by atoms with van der Waals surface area (Å²) in [4.78, 5) is 12.5. The summed E-state index contributed by atoms with van der Waals surface area (Å²) in [6, 6.07) is 11.6. The highest BCUT2D eigenvalue weighted by Gasteiger charge is 2.16. The molecule has 104 valence electrons. The van der Waals surface area contributed by atoms with Crippen molar-refractivity contribution < 1.29 is 9.53 Å². The lowest BCUT2D eigenvalue weighted by Gasteiger charge is -2.13. The minimum Gasteiger partial charge on any atom is -0.496 e. The molecule has 3 heteroatoms. The smallest absolute Gasteiger partial charge is 0.171 e. The van der Waals surface area contributed by atoms with Crippen molar-refractivity contribution in [2.24, 2.45) is 0 Å². The molecule has 0 saturated carbocycles. The Morgan fingerprint density at radius 1 is 1.15 bits per heavy atom. The molecule has 0 aromatic heterocycles. The van der Waals surface area contributed by atoms with Gasteiger partial charge in [-0.2, -0.15) is 0 Å². The monoisotopic (exact) mass is 332 g/mol. The Bertz CT molecular complexity index is 647. The molecule has 2 rings (SSSR count). The van der Waals surface area contributed by atoms with Crippen LogP contribution in [-0.2, 0) is 6.42 Å². The van der Waals surface area contributed by atoms with E-state index in [1.54, 1.807) is 7.11 Å². The summed E-state index contributed by atoms with van der Waals surface area (Å²) >= 11 is 3.48. The third-order valence-corrected chi connectivity index (χ3v) is 4.26. The van der Waals surface area contributed by atoms with Crippen molar-refractivity contribution >= 4 is 21.7 Å². The van der Waals surface area contributed by atoms with E-state index in [0.29, 0.717) is 17.7 Å². The fourth-order valence-electron chi connectivity index (χ4n) is 2.18. The second-order valence-corrected chi connectivity index (χ2v) is 5.63. The van der Waals surface area contributed by atoms with E-state index >= 15 is 0 Å². The van der Waals surface area contributed by atoms with Crippen molar-refractivity contribution in [3.05, 3.63) is 63.1 Å². The number of ketones is 1. The van der Waals surface area contributed by atoms with Crippen molar-refractivity contribution in [3.8, 4) is 5.75 Å². The molecule has 0 spiro atoms. The van der Waals surface area contributed by atoms with Gasteiger partial charge in [0.2, 0.25) is 0 Å². The Kier molecular flexibility index (Phi) is 4.61. The molecule has 0 radical (unpaired) electrons. The first-order valence-electron chi connectivity index (χ1n) is 6.45. The first-order chi connectivity index (χ1) is 9.54. The number of hydrogen-bond acceptors (Lipinski definition) is 2. The molecule has 0 heterocycles. The number of carbonyl (C=O) groups is 1. The van der Waals surface area contributed by atoms with Crippen LogP contribution < -0.4 is 4.74 Å². The van der Waals surface area contributed by atoms with Gasteiger partial charge in [-0.1, -0.05) is 40.2 Å². The minimum absolute atomic E-state index is 0.0665. The summed E-state index contributed by atoms with van der Waals surface area (Å²) in [7, 11) is 1.61. The topological polar surface area (TPSA) is 26.3 Å². The fraction of sp³-hybridized carbons (Fsp3) is 0.235. The predicted octanol–water partition coefficient (Wildman–Crippen LogP) is 4.50. The molecule has 0 atom stereocenters. The second kappa shape index (κ2) is 6.23. The Labute approximate surface area is 127 Å². The van der Waals surface area contributed by atoms with Crippen LogP contribution in [0.5, 0.6) is 5.75 Å². The molecule has 20 heavy (non-hydrogen) atoms. The standard InChI is InChI=1S/C17H17BrO2/c1-11-8-9-14(17(20-3)12(11)2)16(19)10-13-6-4-5-7-15(13)18/h4-9H,10H2,1-3H3. The fourth-order valence-corrected chi connectivity index (χ4v) is 2.61. The zero-order chi connectivity index (χ0) is 14.7. The molecule has 0 unspecified atom stereocenters. The molecule has 2 aromatic rings. The highest BCUT2D eigenvalue weighted by atomic mass is 79.9. The molecule has 2 nitrogen and oxygen atoms in total. The third-order valence-electron chi connectivity index (χ3n) is 3.49. The molecule has 0 aliphatic heterocycles. The largest absolute Gasteiger partial charge is 0.496 e. The van der Waals surface area contributed by atoms with Crippen molar-refractivity contribution in [2.45, 2.75) is 20.3 Å². The van der Waals surface area contributed by atoms with Gasteiger partial charge < -0.3 is 4.74 Å². The van der Waals surface area contributed by atoms with Crippen molar-refractivity contribution in [2.75, 3.05) is 7.11 Å². The van der Waals surface area contributed by atoms with E-state index in [9.17, 15) is 4.79 Å². The summed E-state index contributed by atoms with van der Waals surface area (Å²) in [5.41, 5.74) is 3.77. The molecule has 0 aliphatic carbocycles. The van der Waals surface area contributed by atoms with Gasteiger partial charge in [-0.05, 0) is 42.7 Å². The summed E-state index contributed by atoms with van der Waals surface area (Å²) in [5, 5.41) is 0. The third kappa shape index (κ3) is 2.93. The van der Waals surface area contributed by atoms with Crippen LogP contribution >= 0.6 is 15.9 Å². The van der Waals surface area contributed by atoms with Gasteiger partial charge in [0.1, 0.15) is 5.75 Å². The van der Waals surface area contributed by atoms with Gasteiger partial charge in [0.15, 0.2) is 5.78 Å². The van der Waals surface area contributed by atoms with Crippen molar-refractivity contribution in [1.29, 1.82) is 0 Å². The van der Waals surface area contributed by atoms with Gasteiger partial charge in [-0.25, -0.2) is 0 Å². The van der Waals surface area contributed by atoms with Crippen LogP contribution in [0.15, 0.2) is 40.9 Å². The number of rotatable bonds is 4. The van der Waals surface area contributed by atoms with Crippen LogP contribution in [0.3, 0.4) is 0 Å². The van der Waals surface area contributed by atoms with E-state index in [4.69, 9.17) is 4.74 Å². The summed E-state index contributed by atoms with van der Waals surface area (Å²) in [6.07, 6.45) is 0.361. The normalized spacial score (nSPS) is 10.4. The highest BCUT2D eigenvalue weighted by Crippen LogP contribution is 2.28. The van der Waals surface area contributed by atoms with Crippen LogP contribution in [-0.4, -0.2) is 12.9 Å². The van der Waals surface area contributed by atoms with Crippen molar-refractivity contribution in [3.63, 3.8) is 0 Å². The van der Waals surface area contributed by atoms with E-state index in [2.05, 4.69) is 15.9 Å². The quantitative estimate of drug-likeness (QED) is 0.770. The molecule has 2 aromatic carbocycles. The van der Waals surface area contributed by atoms with Crippen LogP contribution in [0.1, 0.15) is 27.0 Å². The Balaban J connectivity index is 2.35. The molecular weight excluding hydrogens is 316 g/mol. The number of carbonyl (C=O) groups excluding carboxylic acids is 1. The predicted molar refractivity (Wildman–Crippen MR) is 84.6 cm³/mol. The zero-order valence-electron chi connectivity index (χ0n) is 11.9. The maximum atomic E-state index is 12.5. The number of aryl methyl sites for hydroxylation is 1. The second-order valence-electron chi connectivity index (χ2n) is 4.78. The van der Waals surface area contributed by atoms with Crippen LogP contribution in [0.25, 0.3) is 0 Å². The van der Waals surface area contributed by atoms with E-state index in [1.165, 1.54) is 0 Å². The van der Waals surface area contributed by atoms with Gasteiger partial charge in [0, 0.05) is 10.9 Å². The van der Waals surface area contributed by atoms with Gasteiger partial charge in [-0.15, -0.1) is 0 Å². The van der Waals surface area contributed by atoms with E-state index in [1.807, 2.05) is 50.2 Å². The molecule has 0 fully saturated rings. The molecule has 0 saturated heterocycles. The number of halogens is 1. The average molecular weight is 333 g/mol. The summed E-state index contributed by atoms with van der Waals surface area (Å²) < 4.78 is 6.37. The lowest BCUT2D eigenvalue weighted by molar-refractivity contribution is 0.0989. The highest BCUT2D eigenvalue weighted by molar-refractivity contribution is 9.10. The zero-order valence-corrected chi connectivity index (χ0v) is 13.5. The Hall–Kier alpha value is -1.61. The van der Waals surface area contributed by atoms with Crippen LogP contribution in [0, 0.1) is 13.8 Å². The van der Waals surface area contributed by atoms with Crippen LogP contribution in [0.4, 0.5) is 0 Å². The van der Waals surface area contributed by atoms with Gasteiger partial charge in [0.05, 0.1) is 12.7 Å². The SMILES string of the molecule is COc1c(C(=O)Cc2ccccc2Br)ccc(C)c1C. The van der Waals surface area contributed by atoms with E-state index in [0.717, 1.165) is 21.2 Å². The Morgan fingerprint density at radius 3 is 2.50 bits per heavy atom. The number of hydrogen-bond donors (Lipinski definition) is 0. The molecule has 0 amide bonds. The molecule has 0 N–H and O–H groups in total. The van der Waals surface area contributed by atoms with Gasteiger partial charge >= 0.3 is 0 Å². The maximum absolute atomic E-state index is 12.5. The van der Waals surface area contributed by atoms with E-state index in [-0.39, 0.29) is 5.78 Å².